The van der Waals surface area contributed by atoms with Crippen molar-refractivity contribution in [2.24, 2.45) is 5.41 Å². The van der Waals surface area contributed by atoms with E-state index in [1.807, 2.05) is 0 Å². The molecule has 1 aliphatic heterocycles. The summed E-state index contributed by atoms with van der Waals surface area (Å²) in [5, 5.41) is 0. The molecule has 0 aromatic heterocycles. The number of carbonyl (C=O) groups excluding carboxylic acids is 2. The lowest BCUT2D eigenvalue weighted by Crippen LogP contribution is -2.33. The van der Waals surface area contributed by atoms with Gasteiger partial charge in [0.2, 0.25) is 5.91 Å². The number of rotatable bonds is 2. The van der Waals surface area contributed by atoms with Crippen molar-refractivity contribution in [2.75, 3.05) is 18.6 Å². The Hall–Kier alpha value is -1.98. The normalized spacial score (nSPS) is 22.7. The molecule has 6 heteroatoms. The molecule has 1 saturated heterocycles. The molecule has 0 aliphatic carbocycles. The van der Waals surface area contributed by atoms with Crippen molar-refractivity contribution in [3.8, 4) is 0 Å². The van der Waals surface area contributed by atoms with Gasteiger partial charge in [0.25, 0.3) is 0 Å². The van der Waals surface area contributed by atoms with E-state index >= 15 is 0 Å². The molecular formula is C13H13F2NO3. The molecule has 1 unspecified atom stereocenters. The van der Waals surface area contributed by atoms with E-state index in [2.05, 4.69) is 4.74 Å². The number of hydrogen-bond donors (Lipinski definition) is 0. The number of anilines is 1. The number of amides is 1. The van der Waals surface area contributed by atoms with Gasteiger partial charge in [-0.1, -0.05) is 0 Å². The molecule has 0 bridgehead atoms. The van der Waals surface area contributed by atoms with Crippen LogP contribution in [-0.2, 0) is 14.3 Å². The summed E-state index contributed by atoms with van der Waals surface area (Å²) in [6.07, 6.45) is -0.0438. The second kappa shape index (κ2) is 4.60. The van der Waals surface area contributed by atoms with Gasteiger partial charge in [0.15, 0.2) is 0 Å². The number of benzene rings is 1. The molecule has 1 aliphatic rings. The molecule has 0 radical (unpaired) electrons. The molecular weight excluding hydrogens is 256 g/mol. The lowest BCUT2D eigenvalue weighted by atomic mass is 9.90. The molecule has 0 N–H and O–H groups in total. The summed E-state index contributed by atoms with van der Waals surface area (Å²) < 4.78 is 31.0. The van der Waals surface area contributed by atoms with Crippen LogP contribution >= 0.6 is 0 Å². The zero-order valence-electron chi connectivity index (χ0n) is 10.6. The maximum Gasteiger partial charge on any atom is 0.313 e. The van der Waals surface area contributed by atoms with E-state index in [1.165, 1.54) is 12.0 Å². The van der Waals surface area contributed by atoms with Gasteiger partial charge in [0.05, 0.1) is 12.5 Å². The van der Waals surface area contributed by atoms with Crippen molar-refractivity contribution in [3.63, 3.8) is 0 Å². The number of halogens is 2. The predicted molar refractivity (Wildman–Crippen MR) is 63.5 cm³/mol. The van der Waals surface area contributed by atoms with Crippen LogP contribution in [0.5, 0.6) is 0 Å². The van der Waals surface area contributed by atoms with Gasteiger partial charge in [-0.25, -0.2) is 8.78 Å². The fourth-order valence-electron chi connectivity index (χ4n) is 2.24. The molecule has 4 nitrogen and oxygen atoms in total. The van der Waals surface area contributed by atoms with Gasteiger partial charge in [-0.05, 0) is 19.1 Å². The second-order valence-corrected chi connectivity index (χ2v) is 4.84. The Morgan fingerprint density at radius 2 is 1.89 bits per heavy atom. The maximum atomic E-state index is 13.2. The molecule has 19 heavy (non-hydrogen) atoms. The fourth-order valence-corrected chi connectivity index (χ4v) is 2.24. The van der Waals surface area contributed by atoms with Crippen LogP contribution in [0.1, 0.15) is 13.3 Å². The lowest BCUT2D eigenvalue weighted by Gasteiger charge is -2.21. The van der Waals surface area contributed by atoms with Crippen LogP contribution in [-0.4, -0.2) is 25.5 Å². The van der Waals surface area contributed by atoms with Gasteiger partial charge >= 0.3 is 5.97 Å². The molecule has 102 valence electrons. The van der Waals surface area contributed by atoms with Crippen LogP contribution in [0.2, 0.25) is 0 Å². The third-order valence-corrected chi connectivity index (χ3v) is 3.19. The molecule has 1 aromatic carbocycles. The first-order chi connectivity index (χ1) is 8.85. The SMILES string of the molecule is COC(=O)C1(C)CC(=O)N(c2cc(F)cc(F)c2)C1. The largest absolute Gasteiger partial charge is 0.469 e. The van der Waals surface area contributed by atoms with Gasteiger partial charge in [-0.2, -0.15) is 0 Å². The topological polar surface area (TPSA) is 46.6 Å². The van der Waals surface area contributed by atoms with Gasteiger partial charge in [-0.3, -0.25) is 9.59 Å². The zero-order valence-corrected chi connectivity index (χ0v) is 10.6. The van der Waals surface area contributed by atoms with Crippen LogP contribution in [0, 0.1) is 17.0 Å². The Labute approximate surface area is 109 Å². The van der Waals surface area contributed by atoms with E-state index < -0.39 is 23.0 Å². The average Bonchev–Trinajstić information content (AvgIpc) is 2.64. The summed E-state index contributed by atoms with van der Waals surface area (Å²) in [6, 6.07) is 2.84. The predicted octanol–water partition coefficient (Wildman–Crippen LogP) is 1.88. The molecule has 1 heterocycles. The van der Waals surface area contributed by atoms with E-state index in [4.69, 9.17) is 0 Å². The number of methoxy groups -OCH3 is 1. The number of carbonyl (C=O) groups is 2. The van der Waals surface area contributed by atoms with Gasteiger partial charge in [0, 0.05) is 24.7 Å². The number of esters is 1. The van der Waals surface area contributed by atoms with Crippen molar-refractivity contribution < 1.29 is 23.1 Å². The van der Waals surface area contributed by atoms with E-state index in [0.717, 1.165) is 18.2 Å². The maximum absolute atomic E-state index is 13.2. The van der Waals surface area contributed by atoms with Crippen molar-refractivity contribution in [1.82, 2.24) is 0 Å². The Morgan fingerprint density at radius 1 is 1.32 bits per heavy atom. The van der Waals surface area contributed by atoms with Gasteiger partial charge < -0.3 is 9.64 Å². The van der Waals surface area contributed by atoms with E-state index in [9.17, 15) is 18.4 Å². The fraction of sp³-hybridized carbons (Fsp3) is 0.385. The minimum atomic E-state index is -0.991. The van der Waals surface area contributed by atoms with Crippen molar-refractivity contribution >= 4 is 17.6 Å². The van der Waals surface area contributed by atoms with E-state index in [1.54, 1.807) is 6.92 Å². The molecule has 2 rings (SSSR count). The summed E-state index contributed by atoms with van der Waals surface area (Å²) >= 11 is 0. The third-order valence-electron chi connectivity index (χ3n) is 3.19. The molecule has 1 aromatic rings. The summed E-state index contributed by atoms with van der Waals surface area (Å²) in [4.78, 5) is 24.7. The number of nitrogens with zero attached hydrogens (tertiary/aromatic N) is 1. The molecule has 1 fully saturated rings. The quantitative estimate of drug-likeness (QED) is 0.770. The van der Waals surface area contributed by atoms with Gasteiger partial charge in [0.1, 0.15) is 11.6 Å². The van der Waals surface area contributed by atoms with E-state index in [-0.39, 0.29) is 24.6 Å². The van der Waals surface area contributed by atoms with Crippen LogP contribution in [0.25, 0.3) is 0 Å². The first kappa shape index (κ1) is 13.5. The van der Waals surface area contributed by atoms with E-state index in [0.29, 0.717) is 0 Å². The van der Waals surface area contributed by atoms with Crippen molar-refractivity contribution in [1.29, 1.82) is 0 Å². The average molecular weight is 269 g/mol. The first-order valence-corrected chi connectivity index (χ1v) is 5.70. The zero-order chi connectivity index (χ0) is 14.2. The number of hydrogen-bond acceptors (Lipinski definition) is 3. The second-order valence-electron chi connectivity index (χ2n) is 4.84. The third kappa shape index (κ3) is 2.43. The summed E-state index contributed by atoms with van der Waals surface area (Å²) in [5.41, 5.74) is -0.885. The summed E-state index contributed by atoms with van der Waals surface area (Å²) in [5.74, 6) is -2.41. The molecule has 0 spiro atoms. The van der Waals surface area contributed by atoms with Crippen LogP contribution in [0.15, 0.2) is 18.2 Å². The standard InChI is InChI=1S/C13H13F2NO3/c1-13(12(18)19-2)6-11(17)16(7-13)10-4-8(14)3-9(15)5-10/h3-5H,6-7H2,1-2H3. The highest BCUT2D eigenvalue weighted by atomic mass is 19.1. The number of ether oxygens (including phenoxy) is 1. The molecule has 1 atom stereocenters. The minimum absolute atomic E-state index is 0.0431. The first-order valence-electron chi connectivity index (χ1n) is 5.70. The van der Waals surface area contributed by atoms with Crippen LogP contribution in [0.4, 0.5) is 14.5 Å². The minimum Gasteiger partial charge on any atom is -0.469 e. The Bertz CT molecular complexity index is 526. The van der Waals surface area contributed by atoms with Crippen LogP contribution < -0.4 is 4.90 Å². The highest BCUT2D eigenvalue weighted by Crippen LogP contribution is 2.35. The highest BCUT2D eigenvalue weighted by molar-refractivity contribution is 6.01. The monoisotopic (exact) mass is 269 g/mol. The Balaban J connectivity index is 2.32. The highest BCUT2D eigenvalue weighted by Gasteiger charge is 2.46. The molecule has 1 amide bonds. The lowest BCUT2D eigenvalue weighted by molar-refractivity contribution is -0.151. The van der Waals surface area contributed by atoms with Crippen molar-refractivity contribution in [3.05, 3.63) is 29.8 Å². The smallest absolute Gasteiger partial charge is 0.313 e. The van der Waals surface area contributed by atoms with Crippen molar-refractivity contribution in [2.45, 2.75) is 13.3 Å². The summed E-state index contributed by atoms with van der Waals surface area (Å²) in [7, 11) is 1.24. The molecule has 0 saturated carbocycles. The Kier molecular flexibility index (Phi) is 3.26. The van der Waals surface area contributed by atoms with Gasteiger partial charge in [-0.15, -0.1) is 0 Å². The van der Waals surface area contributed by atoms with Crippen LogP contribution in [0.3, 0.4) is 0 Å². The Morgan fingerprint density at radius 3 is 2.42 bits per heavy atom. The summed E-state index contributed by atoms with van der Waals surface area (Å²) in [6.45, 7) is 1.63.